The number of nitrogens with two attached hydrogens (primary N) is 1. The molecule has 1 heterocycles. The molecule has 0 spiro atoms. The van der Waals surface area contributed by atoms with Crippen LogP contribution >= 0.6 is 0 Å². The molecular weight excluding hydrogens is 224 g/mol. The van der Waals surface area contributed by atoms with Crippen LogP contribution in [-0.2, 0) is 11.2 Å². The Hall–Kier alpha value is -1.06. The van der Waals surface area contributed by atoms with E-state index < -0.39 is 0 Å². The second-order valence-electron chi connectivity index (χ2n) is 5.30. The van der Waals surface area contributed by atoms with Crippen molar-refractivity contribution in [3.05, 3.63) is 29.8 Å². The van der Waals surface area contributed by atoms with Crippen molar-refractivity contribution in [2.75, 3.05) is 25.2 Å². The highest BCUT2D eigenvalue weighted by atomic mass is 16.5. The monoisotopic (exact) mass is 248 g/mol. The Balaban J connectivity index is 1.99. The summed E-state index contributed by atoms with van der Waals surface area (Å²) in [5.41, 5.74) is 8.42. The molecule has 0 saturated carbocycles. The molecule has 2 N–H and O–H groups in total. The van der Waals surface area contributed by atoms with Crippen LogP contribution < -0.4 is 10.6 Å². The molecule has 0 amide bonds. The Morgan fingerprint density at radius 3 is 2.44 bits per heavy atom. The van der Waals surface area contributed by atoms with Gasteiger partial charge in [-0.25, -0.2) is 0 Å². The van der Waals surface area contributed by atoms with Crippen molar-refractivity contribution in [2.24, 2.45) is 5.73 Å². The Kier molecular flexibility index (Phi) is 4.61. The number of hydrogen-bond donors (Lipinski definition) is 1. The first-order chi connectivity index (χ1) is 8.66. The van der Waals surface area contributed by atoms with Gasteiger partial charge in [0.15, 0.2) is 0 Å². The van der Waals surface area contributed by atoms with Crippen LogP contribution in [0.15, 0.2) is 24.3 Å². The zero-order valence-electron chi connectivity index (χ0n) is 11.4. The minimum Gasteiger partial charge on any atom is -0.381 e. The van der Waals surface area contributed by atoms with Crippen LogP contribution in [0.3, 0.4) is 0 Å². The minimum absolute atomic E-state index is 0.226. The standard InChI is InChI=1S/C15H24N2O/c1-12(16)11-13-3-5-14(6-4-13)17(2)15-7-9-18-10-8-15/h3-6,12,15H,7-11,16H2,1-2H3. The third-order valence-corrected chi connectivity index (χ3v) is 3.64. The summed E-state index contributed by atoms with van der Waals surface area (Å²) in [6, 6.07) is 9.62. The zero-order chi connectivity index (χ0) is 13.0. The van der Waals surface area contributed by atoms with Crippen LogP contribution in [0, 0.1) is 0 Å². The Bertz CT molecular complexity index is 355. The number of hydrogen-bond acceptors (Lipinski definition) is 3. The summed E-state index contributed by atoms with van der Waals surface area (Å²) in [4.78, 5) is 2.37. The first-order valence-corrected chi connectivity index (χ1v) is 6.82. The van der Waals surface area contributed by atoms with Gasteiger partial charge in [0.2, 0.25) is 0 Å². The molecule has 0 radical (unpaired) electrons. The topological polar surface area (TPSA) is 38.5 Å². The van der Waals surface area contributed by atoms with E-state index in [9.17, 15) is 0 Å². The number of benzene rings is 1. The maximum atomic E-state index is 5.81. The highest BCUT2D eigenvalue weighted by Crippen LogP contribution is 2.21. The van der Waals surface area contributed by atoms with Gasteiger partial charge in [-0.05, 0) is 43.9 Å². The van der Waals surface area contributed by atoms with E-state index in [1.54, 1.807) is 0 Å². The van der Waals surface area contributed by atoms with Gasteiger partial charge in [-0.3, -0.25) is 0 Å². The highest BCUT2D eigenvalue weighted by Gasteiger charge is 2.18. The predicted octanol–water partition coefficient (Wildman–Crippen LogP) is 2.19. The van der Waals surface area contributed by atoms with Crippen molar-refractivity contribution in [1.82, 2.24) is 0 Å². The lowest BCUT2D eigenvalue weighted by Crippen LogP contribution is -2.36. The molecule has 3 nitrogen and oxygen atoms in total. The van der Waals surface area contributed by atoms with Crippen LogP contribution in [0.25, 0.3) is 0 Å². The maximum absolute atomic E-state index is 5.81. The third-order valence-electron chi connectivity index (χ3n) is 3.64. The largest absolute Gasteiger partial charge is 0.381 e. The van der Waals surface area contributed by atoms with Crippen LogP contribution in [-0.4, -0.2) is 32.3 Å². The lowest BCUT2D eigenvalue weighted by molar-refractivity contribution is 0.0855. The molecule has 1 aromatic carbocycles. The predicted molar refractivity (Wildman–Crippen MR) is 76.0 cm³/mol. The number of nitrogens with zero attached hydrogens (tertiary/aromatic N) is 1. The summed E-state index contributed by atoms with van der Waals surface area (Å²) in [5, 5.41) is 0. The van der Waals surface area contributed by atoms with Gasteiger partial charge in [-0.15, -0.1) is 0 Å². The number of anilines is 1. The normalized spacial score (nSPS) is 18.6. The van der Waals surface area contributed by atoms with E-state index in [4.69, 9.17) is 10.5 Å². The first-order valence-electron chi connectivity index (χ1n) is 6.82. The van der Waals surface area contributed by atoms with Gasteiger partial charge >= 0.3 is 0 Å². The van der Waals surface area contributed by atoms with Crippen molar-refractivity contribution in [3.8, 4) is 0 Å². The molecule has 0 bridgehead atoms. The van der Waals surface area contributed by atoms with Crippen molar-refractivity contribution < 1.29 is 4.74 Å². The highest BCUT2D eigenvalue weighted by molar-refractivity contribution is 5.48. The van der Waals surface area contributed by atoms with Crippen LogP contribution in [0.5, 0.6) is 0 Å². The molecular formula is C15H24N2O. The lowest BCUT2D eigenvalue weighted by Gasteiger charge is -2.33. The summed E-state index contributed by atoms with van der Waals surface area (Å²) >= 11 is 0. The average molecular weight is 248 g/mol. The lowest BCUT2D eigenvalue weighted by atomic mass is 10.0. The average Bonchev–Trinajstić information content (AvgIpc) is 2.39. The summed E-state index contributed by atoms with van der Waals surface area (Å²) in [6.45, 7) is 3.82. The van der Waals surface area contributed by atoms with Gasteiger partial charge in [0, 0.05) is 38.0 Å². The van der Waals surface area contributed by atoms with E-state index in [1.807, 2.05) is 6.92 Å². The molecule has 100 valence electrons. The molecule has 0 aromatic heterocycles. The van der Waals surface area contributed by atoms with Gasteiger partial charge in [0.1, 0.15) is 0 Å². The number of ether oxygens (including phenoxy) is 1. The first kappa shape index (κ1) is 13.4. The quantitative estimate of drug-likeness (QED) is 0.887. The van der Waals surface area contributed by atoms with Crippen molar-refractivity contribution in [1.29, 1.82) is 0 Å². The molecule has 1 aliphatic rings. The molecule has 1 aliphatic heterocycles. The van der Waals surface area contributed by atoms with Crippen LogP contribution in [0.4, 0.5) is 5.69 Å². The summed E-state index contributed by atoms with van der Waals surface area (Å²) in [5.74, 6) is 0. The fraction of sp³-hybridized carbons (Fsp3) is 0.600. The van der Waals surface area contributed by atoms with Gasteiger partial charge in [0.05, 0.1) is 0 Å². The summed E-state index contributed by atoms with van der Waals surface area (Å²) in [6.07, 6.45) is 3.19. The Labute approximate surface area is 110 Å². The summed E-state index contributed by atoms with van der Waals surface area (Å²) < 4.78 is 5.41. The van der Waals surface area contributed by atoms with Crippen molar-refractivity contribution in [3.63, 3.8) is 0 Å². The SMILES string of the molecule is CC(N)Cc1ccc(N(C)C2CCOCC2)cc1. The van der Waals surface area contributed by atoms with E-state index in [0.717, 1.165) is 32.5 Å². The molecule has 2 rings (SSSR count). The van der Waals surface area contributed by atoms with Crippen molar-refractivity contribution >= 4 is 5.69 Å². The van der Waals surface area contributed by atoms with Gasteiger partial charge in [-0.2, -0.15) is 0 Å². The van der Waals surface area contributed by atoms with Crippen LogP contribution in [0.2, 0.25) is 0 Å². The molecule has 1 fully saturated rings. The minimum atomic E-state index is 0.226. The van der Waals surface area contributed by atoms with Gasteiger partial charge in [0.25, 0.3) is 0 Å². The molecule has 1 aromatic rings. The van der Waals surface area contributed by atoms with E-state index in [-0.39, 0.29) is 6.04 Å². The molecule has 3 heteroatoms. The molecule has 1 atom stereocenters. The molecule has 1 unspecified atom stereocenters. The van der Waals surface area contributed by atoms with E-state index in [1.165, 1.54) is 11.3 Å². The van der Waals surface area contributed by atoms with E-state index in [2.05, 4.69) is 36.2 Å². The second-order valence-corrected chi connectivity index (χ2v) is 5.30. The zero-order valence-corrected chi connectivity index (χ0v) is 11.4. The van der Waals surface area contributed by atoms with E-state index >= 15 is 0 Å². The molecule has 1 saturated heterocycles. The summed E-state index contributed by atoms with van der Waals surface area (Å²) in [7, 11) is 2.18. The number of rotatable bonds is 4. The Morgan fingerprint density at radius 2 is 1.89 bits per heavy atom. The third kappa shape index (κ3) is 3.47. The smallest absolute Gasteiger partial charge is 0.0485 e. The second kappa shape index (κ2) is 6.21. The maximum Gasteiger partial charge on any atom is 0.0485 e. The van der Waals surface area contributed by atoms with Gasteiger partial charge in [-0.1, -0.05) is 12.1 Å². The van der Waals surface area contributed by atoms with Gasteiger partial charge < -0.3 is 15.4 Å². The fourth-order valence-corrected chi connectivity index (χ4v) is 2.52. The van der Waals surface area contributed by atoms with Crippen LogP contribution in [0.1, 0.15) is 25.3 Å². The molecule has 0 aliphatic carbocycles. The Morgan fingerprint density at radius 1 is 1.28 bits per heavy atom. The molecule has 18 heavy (non-hydrogen) atoms. The van der Waals surface area contributed by atoms with E-state index in [0.29, 0.717) is 6.04 Å². The fourth-order valence-electron chi connectivity index (χ4n) is 2.52. The van der Waals surface area contributed by atoms with Crippen molar-refractivity contribution in [2.45, 2.75) is 38.3 Å².